The van der Waals surface area contributed by atoms with Crippen molar-refractivity contribution in [3.8, 4) is 0 Å². The second-order valence-electron chi connectivity index (χ2n) is 6.60. The van der Waals surface area contributed by atoms with Gasteiger partial charge in [-0.2, -0.15) is 4.99 Å². The zero-order valence-electron chi connectivity index (χ0n) is 12.2. The van der Waals surface area contributed by atoms with Crippen LogP contribution in [-0.2, 0) is 16.0 Å². The van der Waals surface area contributed by atoms with Crippen LogP contribution in [0.4, 0.5) is 0 Å². The van der Waals surface area contributed by atoms with Crippen molar-refractivity contribution in [1.29, 1.82) is 0 Å². The summed E-state index contributed by atoms with van der Waals surface area (Å²) in [5.41, 5.74) is 0.0210. The van der Waals surface area contributed by atoms with Crippen LogP contribution in [0.25, 0.3) is 0 Å². The zero-order chi connectivity index (χ0) is 14.6. The average Bonchev–Trinajstić information content (AvgIpc) is 2.40. The molecular weight excluding hydrogens is 288 g/mol. The molecule has 0 aromatic carbocycles. The van der Waals surface area contributed by atoms with Crippen LogP contribution in [0.15, 0.2) is 9.98 Å². The molecule has 7 heteroatoms. The van der Waals surface area contributed by atoms with Gasteiger partial charge in [-0.05, 0) is 38.1 Å². The van der Waals surface area contributed by atoms with Crippen molar-refractivity contribution in [2.45, 2.75) is 50.2 Å². The third-order valence-electron chi connectivity index (χ3n) is 5.06. The van der Waals surface area contributed by atoms with Crippen LogP contribution in [0.2, 0.25) is 0 Å². The first-order chi connectivity index (χ1) is 10.1. The minimum atomic E-state index is -1.22. The van der Waals surface area contributed by atoms with E-state index in [-0.39, 0.29) is 17.6 Å². The zero-order valence-corrected chi connectivity index (χ0v) is 13.0. The Balaban J connectivity index is 1.71. The standard InChI is InChI=1S/C14H20N4O2S/c1-21(20)13-16-10-5-11(17-13)18(12(19)3-2-4-15-10)14-6-9(7-14)8-14/h9-10,15H,2-8H2,1H3. The molecule has 21 heavy (non-hydrogen) atoms. The molecule has 5 aliphatic rings. The van der Waals surface area contributed by atoms with Crippen LogP contribution in [0.5, 0.6) is 0 Å². The molecule has 1 amide bonds. The molecule has 6 nitrogen and oxygen atoms in total. The molecule has 2 unspecified atom stereocenters. The monoisotopic (exact) mass is 308 g/mol. The third kappa shape index (κ3) is 2.13. The van der Waals surface area contributed by atoms with Crippen LogP contribution in [0, 0.1) is 5.92 Å². The van der Waals surface area contributed by atoms with Crippen LogP contribution in [0.1, 0.15) is 38.5 Å². The Bertz CT molecular complexity index is 528. The first-order valence-corrected chi connectivity index (χ1v) is 9.18. The van der Waals surface area contributed by atoms with E-state index < -0.39 is 11.2 Å². The summed E-state index contributed by atoms with van der Waals surface area (Å²) in [5.74, 6) is 1.76. The molecule has 114 valence electrons. The normalized spacial score (nSPS) is 39.9. The van der Waals surface area contributed by atoms with Gasteiger partial charge in [-0.1, -0.05) is 0 Å². The molecule has 0 radical (unpaired) electrons. The van der Waals surface area contributed by atoms with Crippen molar-refractivity contribution in [3.63, 3.8) is 0 Å². The topological polar surface area (TPSA) is 80.1 Å². The van der Waals surface area contributed by atoms with Crippen molar-refractivity contribution in [2.24, 2.45) is 15.9 Å². The number of nitrogens with one attached hydrogen (secondary N) is 1. The van der Waals surface area contributed by atoms with E-state index >= 15 is 0 Å². The Morgan fingerprint density at radius 2 is 2.19 bits per heavy atom. The third-order valence-corrected chi connectivity index (χ3v) is 5.77. The van der Waals surface area contributed by atoms with Crippen LogP contribution >= 0.6 is 0 Å². The number of carbonyl (C=O) groups is 1. The molecule has 2 heterocycles. The number of fused-ring (bicyclic) bond motifs is 2. The second-order valence-corrected chi connectivity index (χ2v) is 7.88. The highest BCUT2D eigenvalue weighted by Crippen LogP contribution is 2.61. The van der Waals surface area contributed by atoms with Gasteiger partial charge in [0, 0.05) is 29.6 Å². The Hall–Kier alpha value is -0.920. The SMILES string of the molecule is C[S+]([O-])C1=NC2CC(=N1)N(C13CC(C1)C3)C(=O)CCCN2. The molecule has 0 aromatic rings. The number of hydrogen-bond donors (Lipinski definition) is 1. The second kappa shape index (κ2) is 4.79. The van der Waals surface area contributed by atoms with E-state index in [1.54, 1.807) is 6.26 Å². The van der Waals surface area contributed by atoms with Crippen molar-refractivity contribution in [3.05, 3.63) is 0 Å². The molecule has 4 bridgehead atoms. The number of amides is 1. The maximum absolute atomic E-state index is 12.7. The molecule has 4 fully saturated rings. The van der Waals surface area contributed by atoms with Gasteiger partial charge in [-0.15, -0.1) is 0 Å². The molecule has 1 N–H and O–H groups in total. The average molecular weight is 308 g/mol. The van der Waals surface area contributed by atoms with Crippen molar-refractivity contribution < 1.29 is 9.35 Å². The summed E-state index contributed by atoms with van der Waals surface area (Å²) in [7, 11) is 0. The summed E-state index contributed by atoms with van der Waals surface area (Å²) in [6.07, 6.45) is 6.81. The van der Waals surface area contributed by atoms with Gasteiger partial charge in [0.05, 0.1) is 0 Å². The Kier molecular flexibility index (Phi) is 3.13. The van der Waals surface area contributed by atoms with Crippen LogP contribution in [0.3, 0.4) is 0 Å². The molecule has 5 rings (SSSR count). The summed E-state index contributed by atoms with van der Waals surface area (Å²) in [5, 5.41) is 3.70. The summed E-state index contributed by atoms with van der Waals surface area (Å²) in [4.78, 5) is 23.5. The lowest BCUT2D eigenvalue weighted by Crippen LogP contribution is -2.71. The minimum absolute atomic E-state index is 0.0210. The smallest absolute Gasteiger partial charge is 0.341 e. The molecule has 3 aliphatic carbocycles. The lowest BCUT2D eigenvalue weighted by atomic mass is 9.49. The van der Waals surface area contributed by atoms with Crippen molar-refractivity contribution >= 4 is 28.1 Å². The quantitative estimate of drug-likeness (QED) is 0.721. The van der Waals surface area contributed by atoms with Gasteiger partial charge in [0.2, 0.25) is 5.91 Å². The van der Waals surface area contributed by atoms with E-state index in [0.29, 0.717) is 18.0 Å². The van der Waals surface area contributed by atoms with Crippen molar-refractivity contribution in [2.75, 3.05) is 12.8 Å². The van der Waals surface area contributed by atoms with Gasteiger partial charge in [0.25, 0.3) is 0 Å². The van der Waals surface area contributed by atoms with Gasteiger partial charge in [-0.25, -0.2) is 4.99 Å². The van der Waals surface area contributed by atoms with E-state index in [1.807, 2.05) is 4.90 Å². The first kappa shape index (κ1) is 13.7. The molecule has 2 aliphatic heterocycles. The molecule has 2 atom stereocenters. The van der Waals surface area contributed by atoms with E-state index in [9.17, 15) is 9.35 Å². The van der Waals surface area contributed by atoms with Crippen molar-refractivity contribution in [1.82, 2.24) is 10.2 Å². The Morgan fingerprint density at radius 3 is 2.81 bits per heavy atom. The maximum atomic E-state index is 12.7. The fourth-order valence-corrected chi connectivity index (χ4v) is 4.45. The highest BCUT2D eigenvalue weighted by Gasteiger charge is 2.62. The summed E-state index contributed by atoms with van der Waals surface area (Å²) in [6, 6.07) is 0. The number of aliphatic imine (C=N–C) groups is 2. The van der Waals surface area contributed by atoms with Gasteiger partial charge in [0.15, 0.2) is 0 Å². The number of rotatable bonds is 1. The number of amidine groups is 2. The fourth-order valence-electron chi connectivity index (χ4n) is 3.94. The highest BCUT2D eigenvalue weighted by atomic mass is 32.2. The van der Waals surface area contributed by atoms with Gasteiger partial charge >= 0.3 is 5.17 Å². The molecule has 0 spiro atoms. The Morgan fingerprint density at radius 1 is 1.43 bits per heavy atom. The first-order valence-electron chi connectivity index (χ1n) is 7.63. The van der Waals surface area contributed by atoms with E-state index in [2.05, 4.69) is 15.3 Å². The van der Waals surface area contributed by atoms with E-state index in [0.717, 1.165) is 44.0 Å². The minimum Gasteiger partial charge on any atom is -0.609 e. The molecule has 0 aromatic heterocycles. The summed E-state index contributed by atoms with van der Waals surface area (Å²) >= 11 is -1.22. The molecular formula is C14H20N4O2S. The van der Waals surface area contributed by atoms with E-state index in [4.69, 9.17) is 0 Å². The summed E-state index contributed by atoms with van der Waals surface area (Å²) < 4.78 is 11.8. The largest absolute Gasteiger partial charge is 0.609 e. The predicted molar refractivity (Wildman–Crippen MR) is 81.5 cm³/mol. The lowest BCUT2D eigenvalue weighted by molar-refractivity contribution is -0.156. The number of hydrogen-bond acceptors (Lipinski definition) is 5. The molecule has 1 saturated heterocycles. The van der Waals surface area contributed by atoms with Gasteiger partial charge in [-0.3, -0.25) is 15.0 Å². The fraction of sp³-hybridized carbons (Fsp3) is 0.786. The summed E-state index contributed by atoms with van der Waals surface area (Å²) in [6.45, 7) is 0.764. The predicted octanol–water partition coefficient (Wildman–Crippen LogP) is 0.614. The maximum Gasteiger partial charge on any atom is 0.341 e. The number of nitrogens with zero attached hydrogens (tertiary/aromatic N) is 3. The lowest BCUT2D eigenvalue weighted by Gasteiger charge is -2.66. The van der Waals surface area contributed by atoms with E-state index in [1.165, 1.54) is 0 Å². The molecule has 3 saturated carbocycles. The van der Waals surface area contributed by atoms with Gasteiger partial charge < -0.3 is 4.55 Å². The van der Waals surface area contributed by atoms with Gasteiger partial charge in [0.1, 0.15) is 18.3 Å². The van der Waals surface area contributed by atoms with Crippen LogP contribution in [-0.4, -0.2) is 50.9 Å². The Labute approximate surface area is 127 Å². The number of carbonyl (C=O) groups excluding carboxylic acids is 1. The van der Waals surface area contributed by atoms with Crippen LogP contribution < -0.4 is 5.32 Å². The highest BCUT2D eigenvalue weighted by molar-refractivity contribution is 8.05.